The van der Waals surface area contributed by atoms with Crippen molar-refractivity contribution in [3.63, 3.8) is 0 Å². The van der Waals surface area contributed by atoms with E-state index in [0.717, 1.165) is 38.8 Å². The smallest absolute Gasteiger partial charge is 0.280 e. The minimum absolute atomic E-state index is 0.0882. The van der Waals surface area contributed by atoms with Crippen LogP contribution in [-0.4, -0.2) is 23.8 Å². The predicted molar refractivity (Wildman–Crippen MR) is 97.5 cm³/mol. The van der Waals surface area contributed by atoms with E-state index in [-0.39, 0.29) is 17.0 Å². The van der Waals surface area contributed by atoms with Gasteiger partial charge in [0.05, 0.1) is 10.5 Å². The fourth-order valence-electron chi connectivity index (χ4n) is 2.69. The van der Waals surface area contributed by atoms with Crippen molar-refractivity contribution in [1.82, 2.24) is 5.32 Å². The number of para-hydroxylation sites is 1. The van der Waals surface area contributed by atoms with Crippen LogP contribution in [0.2, 0.25) is 0 Å². The number of Topliss-reactive ketones (excluding diaryl/α,β-unsaturated/α-hetero) is 1. The molecule has 0 radical (unpaired) electrons. The molecule has 0 aliphatic carbocycles. The minimum atomic E-state index is -0.487. The molecule has 1 aromatic carbocycles. The predicted octanol–water partition coefficient (Wildman–Crippen LogP) is 4.90. The lowest BCUT2D eigenvalue weighted by Gasteiger charge is -2.05. The summed E-state index contributed by atoms with van der Waals surface area (Å²) in [7, 11) is 0. The van der Waals surface area contributed by atoms with E-state index in [1.54, 1.807) is 18.2 Å². The summed E-state index contributed by atoms with van der Waals surface area (Å²) in [6.45, 7) is 4.34. The number of hydrogen-bond donors (Lipinski definition) is 1. The number of benzene rings is 1. The summed E-state index contributed by atoms with van der Waals surface area (Å²) < 4.78 is 0. The molecule has 0 fully saturated rings. The van der Waals surface area contributed by atoms with E-state index in [4.69, 9.17) is 0 Å². The molecule has 0 heterocycles. The van der Waals surface area contributed by atoms with Crippen LogP contribution in [0, 0.1) is 10.1 Å². The monoisotopic (exact) mass is 334 g/mol. The van der Waals surface area contributed by atoms with Crippen LogP contribution in [0.1, 0.15) is 75.1 Å². The summed E-state index contributed by atoms with van der Waals surface area (Å²) in [6.07, 6.45) is 9.51. The second-order valence-electron chi connectivity index (χ2n) is 6.17. The van der Waals surface area contributed by atoms with Gasteiger partial charge in [0.25, 0.3) is 5.69 Å². The number of ketones is 1. The molecule has 0 aromatic heterocycles. The number of carbonyl (C=O) groups excluding carboxylic acids is 1. The largest absolute Gasteiger partial charge is 0.317 e. The van der Waals surface area contributed by atoms with Crippen LogP contribution in [0.3, 0.4) is 0 Å². The SMILES string of the molecule is CCCCCCNCCCCCCC(=O)c1ccccc1[N+](=O)[O-]. The zero-order valence-electron chi connectivity index (χ0n) is 14.8. The van der Waals surface area contributed by atoms with Crippen LogP contribution in [0.15, 0.2) is 24.3 Å². The molecule has 0 saturated heterocycles. The standard InChI is InChI=1S/C19H30N2O3/c1-2-3-4-10-15-20-16-11-6-5-7-14-19(22)17-12-8-9-13-18(17)21(23)24/h8-9,12-13,20H,2-7,10-11,14-16H2,1H3. The Morgan fingerprint density at radius 3 is 2.29 bits per heavy atom. The van der Waals surface area contributed by atoms with Crippen molar-refractivity contribution in [3.05, 3.63) is 39.9 Å². The number of nitrogens with one attached hydrogen (secondary N) is 1. The highest BCUT2D eigenvalue weighted by Crippen LogP contribution is 2.20. The quantitative estimate of drug-likeness (QED) is 0.227. The van der Waals surface area contributed by atoms with E-state index in [2.05, 4.69) is 12.2 Å². The molecular formula is C19H30N2O3. The number of carbonyl (C=O) groups is 1. The first kappa shape index (κ1) is 20.3. The van der Waals surface area contributed by atoms with Crippen LogP contribution in [0.4, 0.5) is 5.69 Å². The summed E-state index contributed by atoms with van der Waals surface area (Å²) in [4.78, 5) is 22.6. The fraction of sp³-hybridized carbons (Fsp3) is 0.632. The van der Waals surface area contributed by atoms with E-state index in [1.165, 1.54) is 31.7 Å². The Morgan fingerprint density at radius 1 is 1.00 bits per heavy atom. The first-order chi connectivity index (χ1) is 11.7. The maximum atomic E-state index is 12.1. The van der Waals surface area contributed by atoms with Gasteiger partial charge in [-0.05, 0) is 38.4 Å². The molecule has 0 aliphatic rings. The van der Waals surface area contributed by atoms with Crippen molar-refractivity contribution in [3.8, 4) is 0 Å². The first-order valence-electron chi connectivity index (χ1n) is 9.14. The molecule has 1 aromatic rings. The maximum absolute atomic E-state index is 12.1. The van der Waals surface area contributed by atoms with Crippen molar-refractivity contribution in [2.75, 3.05) is 13.1 Å². The zero-order chi connectivity index (χ0) is 17.6. The van der Waals surface area contributed by atoms with Gasteiger partial charge in [-0.2, -0.15) is 0 Å². The van der Waals surface area contributed by atoms with Crippen molar-refractivity contribution in [1.29, 1.82) is 0 Å². The maximum Gasteiger partial charge on any atom is 0.280 e. The molecule has 1 rings (SSSR count). The van der Waals surface area contributed by atoms with Crippen LogP contribution < -0.4 is 5.32 Å². The number of hydrogen-bond acceptors (Lipinski definition) is 4. The molecule has 0 saturated carbocycles. The van der Waals surface area contributed by atoms with E-state index in [1.807, 2.05) is 0 Å². The average Bonchev–Trinajstić information content (AvgIpc) is 2.59. The van der Waals surface area contributed by atoms with Gasteiger partial charge in [0, 0.05) is 12.5 Å². The van der Waals surface area contributed by atoms with Crippen molar-refractivity contribution >= 4 is 11.5 Å². The third-order valence-electron chi connectivity index (χ3n) is 4.12. The van der Waals surface area contributed by atoms with Crippen LogP contribution in [0.5, 0.6) is 0 Å². The van der Waals surface area contributed by atoms with Gasteiger partial charge in [-0.3, -0.25) is 14.9 Å². The number of nitrogens with zero attached hydrogens (tertiary/aromatic N) is 1. The van der Waals surface area contributed by atoms with Crippen LogP contribution in [0.25, 0.3) is 0 Å². The number of nitro groups is 1. The number of unbranched alkanes of at least 4 members (excludes halogenated alkanes) is 6. The van der Waals surface area contributed by atoms with Crippen molar-refractivity contribution in [2.24, 2.45) is 0 Å². The Hall–Kier alpha value is -1.75. The second kappa shape index (κ2) is 12.6. The minimum Gasteiger partial charge on any atom is -0.317 e. The summed E-state index contributed by atoms with van der Waals surface area (Å²) in [5, 5.41) is 14.4. The van der Waals surface area contributed by atoms with Gasteiger partial charge in [-0.25, -0.2) is 0 Å². The van der Waals surface area contributed by atoms with Gasteiger partial charge in [-0.1, -0.05) is 51.2 Å². The third kappa shape index (κ3) is 8.20. The molecule has 0 amide bonds. The van der Waals surface area contributed by atoms with Crippen LogP contribution in [-0.2, 0) is 0 Å². The Balaban J connectivity index is 2.09. The second-order valence-corrected chi connectivity index (χ2v) is 6.17. The van der Waals surface area contributed by atoms with E-state index in [0.29, 0.717) is 6.42 Å². The highest BCUT2D eigenvalue weighted by atomic mass is 16.6. The molecule has 0 aliphatic heterocycles. The lowest BCUT2D eigenvalue weighted by atomic mass is 10.0. The number of rotatable bonds is 14. The van der Waals surface area contributed by atoms with Gasteiger partial charge < -0.3 is 5.32 Å². The van der Waals surface area contributed by atoms with Gasteiger partial charge in [0.2, 0.25) is 0 Å². The lowest BCUT2D eigenvalue weighted by Crippen LogP contribution is -2.16. The van der Waals surface area contributed by atoms with Gasteiger partial charge >= 0.3 is 0 Å². The number of nitro benzene ring substituents is 1. The molecule has 134 valence electrons. The Kier molecular flexibility index (Phi) is 10.7. The normalized spacial score (nSPS) is 10.7. The molecule has 0 unspecified atom stereocenters. The van der Waals surface area contributed by atoms with Crippen LogP contribution >= 0.6 is 0 Å². The van der Waals surface area contributed by atoms with Crippen molar-refractivity contribution in [2.45, 2.75) is 64.7 Å². The Morgan fingerprint density at radius 2 is 1.62 bits per heavy atom. The highest BCUT2D eigenvalue weighted by molar-refractivity contribution is 5.99. The van der Waals surface area contributed by atoms with E-state index >= 15 is 0 Å². The molecule has 0 spiro atoms. The molecular weight excluding hydrogens is 304 g/mol. The first-order valence-corrected chi connectivity index (χ1v) is 9.14. The van der Waals surface area contributed by atoms with Gasteiger partial charge in [-0.15, -0.1) is 0 Å². The molecule has 24 heavy (non-hydrogen) atoms. The van der Waals surface area contributed by atoms with Crippen molar-refractivity contribution < 1.29 is 9.72 Å². The zero-order valence-corrected chi connectivity index (χ0v) is 14.8. The fourth-order valence-corrected chi connectivity index (χ4v) is 2.69. The van der Waals surface area contributed by atoms with E-state index < -0.39 is 4.92 Å². The highest BCUT2D eigenvalue weighted by Gasteiger charge is 2.18. The average molecular weight is 334 g/mol. The summed E-state index contributed by atoms with van der Waals surface area (Å²) in [5.74, 6) is -0.128. The summed E-state index contributed by atoms with van der Waals surface area (Å²) in [5.41, 5.74) is 0.144. The molecule has 5 nitrogen and oxygen atoms in total. The molecule has 0 bridgehead atoms. The molecule has 5 heteroatoms. The summed E-state index contributed by atoms with van der Waals surface area (Å²) >= 11 is 0. The Labute approximate surface area is 145 Å². The third-order valence-corrected chi connectivity index (χ3v) is 4.12. The van der Waals surface area contributed by atoms with E-state index in [9.17, 15) is 14.9 Å². The van der Waals surface area contributed by atoms with Gasteiger partial charge in [0.1, 0.15) is 0 Å². The molecule has 0 atom stereocenters. The van der Waals surface area contributed by atoms with Gasteiger partial charge in [0.15, 0.2) is 5.78 Å². The topological polar surface area (TPSA) is 72.2 Å². The summed E-state index contributed by atoms with van der Waals surface area (Å²) in [6, 6.07) is 6.19. The molecule has 1 N–H and O–H groups in total. The Bertz CT molecular complexity index is 503. The lowest BCUT2D eigenvalue weighted by molar-refractivity contribution is -0.385.